The molecule has 1 atom stereocenters. The molecule has 1 saturated carbocycles. The van der Waals surface area contributed by atoms with Crippen molar-refractivity contribution in [2.45, 2.75) is 69.5 Å². The molecule has 4 aromatic carbocycles. The Balaban J connectivity index is 1.56. The van der Waals surface area contributed by atoms with Crippen LogP contribution in [-0.4, -0.2) is 50.4 Å². The van der Waals surface area contributed by atoms with E-state index in [0.29, 0.717) is 23.1 Å². The van der Waals surface area contributed by atoms with Gasteiger partial charge >= 0.3 is 0 Å². The van der Waals surface area contributed by atoms with E-state index in [-0.39, 0.29) is 29.8 Å². The number of benzene rings is 4. The molecule has 0 bridgehead atoms. The van der Waals surface area contributed by atoms with Gasteiger partial charge in [-0.05, 0) is 86.3 Å². The molecule has 1 aliphatic carbocycles. The summed E-state index contributed by atoms with van der Waals surface area (Å²) >= 11 is 6.18. The molecule has 0 spiro atoms. The van der Waals surface area contributed by atoms with Crippen LogP contribution in [0.15, 0.2) is 108 Å². The SMILES string of the molecule is CCOc1ccc(N(CC(=O)N(Cc2ccc(Cl)cc2)[C@H](Cc2ccccc2)C(=O)NC2CCCC2)S(=O)(=O)c2ccc(C)cc2)cc1. The number of rotatable bonds is 14. The van der Waals surface area contributed by atoms with Gasteiger partial charge in [0.15, 0.2) is 0 Å². The van der Waals surface area contributed by atoms with Gasteiger partial charge < -0.3 is 15.0 Å². The number of halogens is 1. The largest absolute Gasteiger partial charge is 0.494 e. The van der Waals surface area contributed by atoms with Gasteiger partial charge in [0.1, 0.15) is 18.3 Å². The van der Waals surface area contributed by atoms with E-state index in [1.807, 2.05) is 56.3 Å². The molecule has 4 aromatic rings. The first-order chi connectivity index (χ1) is 23.1. The van der Waals surface area contributed by atoms with E-state index in [9.17, 15) is 18.0 Å². The van der Waals surface area contributed by atoms with Crippen LogP contribution in [-0.2, 0) is 32.6 Å². The standard InChI is InChI=1S/C38H42ClN3O5S/c1-3-47-34-21-19-33(20-22-34)42(48(45,46)35-23-13-28(2)14-24-35)27-37(43)41(26-30-15-17-31(39)18-16-30)36(25-29-9-5-4-6-10-29)38(44)40-32-11-7-8-12-32/h4-6,9-10,13-24,32,36H,3,7-8,11-12,25-27H2,1-2H3,(H,40,44)/t36-/m1/s1. The Kier molecular flexibility index (Phi) is 11.8. The summed E-state index contributed by atoms with van der Waals surface area (Å²) in [5, 5.41) is 3.74. The highest BCUT2D eigenvalue weighted by molar-refractivity contribution is 7.92. The molecule has 8 nitrogen and oxygen atoms in total. The molecule has 48 heavy (non-hydrogen) atoms. The van der Waals surface area contributed by atoms with Crippen molar-refractivity contribution in [3.8, 4) is 5.75 Å². The van der Waals surface area contributed by atoms with E-state index >= 15 is 0 Å². The van der Waals surface area contributed by atoms with Gasteiger partial charge in [-0.1, -0.05) is 84.6 Å². The minimum atomic E-state index is -4.20. The zero-order valence-electron chi connectivity index (χ0n) is 27.3. The number of aryl methyl sites for hydroxylation is 1. The second-order valence-corrected chi connectivity index (χ2v) is 14.4. The molecule has 0 aromatic heterocycles. The highest BCUT2D eigenvalue weighted by atomic mass is 35.5. The van der Waals surface area contributed by atoms with E-state index in [1.165, 1.54) is 17.0 Å². The third kappa shape index (κ3) is 8.96. The van der Waals surface area contributed by atoms with Crippen LogP contribution in [0, 0.1) is 6.92 Å². The van der Waals surface area contributed by atoms with Crippen molar-refractivity contribution >= 4 is 39.1 Å². The van der Waals surface area contributed by atoms with Crippen molar-refractivity contribution in [1.82, 2.24) is 10.2 Å². The monoisotopic (exact) mass is 687 g/mol. The molecular formula is C38H42ClN3O5S. The molecule has 0 saturated heterocycles. The number of nitrogens with one attached hydrogen (secondary N) is 1. The lowest BCUT2D eigenvalue weighted by molar-refractivity contribution is -0.140. The summed E-state index contributed by atoms with van der Waals surface area (Å²) in [4.78, 5) is 30.4. The van der Waals surface area contributed by atoms with E-state index in [0.717, 1.165) is 46.7 Å². The van der Waals surface area contributed by atoms with Crippen molar-refractivity contribution in [2.24, 2.45) is 0 Å². The molecule has 0 unspecified atom stereocenters. The Morgan fingerprint density at radius 3 is 2.15 bits per heavy atom. The summed E-state index contributed by atoms with van der Waals surface area (Å²) in [5.41, 5.74) is 2.85. The molecule has 10 heteroatoms. The second-order valence-electron chi connectivity index (χ2n) is 12.1. The third-order valence-corrected chi connectivity index (χ3v) is 10.6. The topological polar surface area (TPSA) is 96.0 Å². The third-order valence-electron chi connectivity index (χ3n) is 8.56. The lowest BCUT2D eigenvalue weighted by atomic mass is 10.0. The summed E-state index contributed by atoms with van der Waals surface area (Å²) in [6.45, 7) is 3.74. The lowest BCUT2D eigenvalue weighted by Gasteiger charge is -2.34. The minimum absolute atomic E-state index is 0.0329. The number of sulfonamides is 1. The molecule has 252 valence electrons. The molecule has 1 fully saturated rings. The van der Waals surface area contributed by atoms with Gasteiger partial charge in [0.05, 0.1) is 17.2 Å². The van der Waals surface area contributed by atoms with Crippen LogP contribution in [0.3, 0.4) is 0 Å². The van der Waals surface area contributed by atoms with Crippen molar-refractivity contribution in [3.63, 3.8) is 0 Å². The molecule has 1 N–H and O–H groups in total. The number of nitrogens with zero attached hydrogens (tertiary/aromatic N) is 2. The fraction of sp³-hybridized carbons (Fsp3) is 0.316. The van der Waals surface area contributed by atoms with E-state index in [2.05, 4.69) is 5.32 Å². The maximum absolute atomic E-state index is 14.7. The molecule has 0 heterocycles. The zero-order valence-corrected chi connectivity index (χ0v) is 28.9. The van der Waals surface area contributed by atoms with Gasteiger partial charge in [-0.2, -0.15) is 0 Å². The first kappa shape index (κ1) is 35.0. The maximum atomic E-state index is 14.7. The number of amides is 2. The van der Waals surface area contributed by atoms with Gasteiger partial charge in [0.2, 0.25) is 11.8 Å². The molecule has 5 rings (SSSR count). The van der Waals surface area contributed by atoms with Gasteiger partial charge in [0.25, 0.3) is 10.0 Å². The maximum Gasteiger partial charge on any atom is 0.264 e. The van der Waals surface area contributed by atoms with Gasteiger partial charge in [-0.25, -0.2) is 8.42 Å². The quantitative estimate of drug-likeness (QED) is 0.155. The molecule has 2 amide bonds. The molecular weight excluding hydrogens is 646 g/mol. The number of anilines is 1. The smallest absolute Gasteiger partial charge is 0.264 e. The Labute approximate surface area is 288 Å². The van der Waals surface area contributed by atoms with Crippen LogP contribution in [0.5, 0.6) is 5.75 Å². The predicted octanol–water partition coefficient (Wildman–Crippen LogP) is 6.94. The van der Waals surface area contributed by atoms with Gasteiger partial charge in [-0.15, -0.1) is 0 Å². The summed E-state index contributed by atoms with van der Waals surface area (Å²) in [6.07, 6.45) is 4.10. The Hall–Kier alpha value is -4.34. The lowest BCUT2D eigenvalue weighted by Crippen LogP contribution is -2.54. The van der Waals surface area contributed by atoms with Crippen molar-refractivity contribution in [3.05, 3.63) is 125 Å². The minimum Gasteiger partial charge on any atom is -0.494 e. The van der Waals surface area contributed by atoms with Crippen LogP contribution in [0.4, 0.5) is 5.69 Å². The Morgan fingerprint density at radius 1 is 0.875 bits per heavy atom. The second kappa shape index (κ2) is 16.2. The van der Waals surface area contributed by atoms with Crippen LogP contribution in [0.25, 0.3) is 0 Å². The first-order valence-electron chi connectivity index (χ1n) is 16.3. The highest BCUT2D eigenvalue weighted by Gasteiger charge is 2.35. The van der Waals surface area contributed by atoms with Crippen LogP contribution < -0.4 is 14.4 Å². The predicted molar refractivity (Wildman–Crippen MR) is 190 cm³/mol. The van der Waals surface area contributed by atoms with Crippen molar-refractivity contribution < 1.29 is 22.7 Å². The number of carbonyl (C=O) groups is 2. The summed E-state index contributed by atoms with van der Waals surface area (Å²) in [5.74, 6) is -0.199. The fourth-order valence-corrected chi connectivity index (χ4v) is 7.49. The molecule has 0 aliphatic heterocycles. The number of ether oxygens (including phenoxy) is 1. The summed E-state index contributed by atoms with van der Waals surface area (Å²) < 4.78 is 35.2. The average Bonchev–Trinajstić information content (AvgIpc) is 3.60. The van der Waals surface area contributed by atoms with Gasteiger partial charge in [0, 0.05) is 24.0 Å². The zero-order chi connectivity index (χ0) is 34.1. The average molecular weight is 688 g/mol. The van der Waals surface area contributed by atoms with Crippen LogP contribution in [0.2, 0.25) is 5.02 Å². The van der Waals surface area contributed by atoms with E-state index in [1.54, 1.807) is 48.5 Å². The number of hydrogen-bond acceptors (Lipinski definition) is 5. The fourth-order valence-electron chi connectivity index (χ4n) is 5.95. The van der Waals surface area contributed by atoms with E-state index < -0.39 is 28.5 Å². The molecule has 1 aliphatic rings. The number of carbonyl (C=O) groups excluding carboxylic acids is 2. The molecule has 0 radical (unpaired) electrons. The highest BCUT2D eigenvalue weighted by Crippen LogP contribution is 2.28. The summed E-state index contributed by atoms with van der Waals surface area (Å²) in [6, 6.07) is 28.9. The van der Waals surface area contributed by atoms with Gasteiger partial charge in [-0.3, -0.25) is 13.9 Å². The van der Waals surface area contributed by atoms with Crippen LogP contribution in [0.1, 0.15) is 49.3 Å². The van der Waals surface area contributed by atoms with E-state index in [4.69, 9.17) is 16.3 Å². The van der Waals surface area contributed by atoms with Crippen LogP contribution >= 0.6 is 11.6 Å². The first-order valence-corrected chi connectivity index (χ1v) is 18.2. The normalized spacial score (nSPS) is 13.9. The van der Waals surface area contributed by atoms with Crippen molar-refractivity contribution in [1.29, 1.82) is 0 Å². The van der Waals surface area contributed by atoms with Crippen molar-refractivity contribution in [2.75, 3.05) is 17.5 Å². The Morgan fingerprint density at radius 2 is 1.52 bits per heavy atom. The Bertz CT molecular complexity index is 1760. The number of hydrogen-bond donors (Lipinski definition) is 1. The summed E-state index contributed by atoms with van der Waals surface area (Å²) in [7, 11) is -4.20.